The van der Waals surface area contributed by atoms with Crippen LogP contribution in [0.2, 0.25) is 0 Å². The van der Waals surface area contributed by atoms with Gasteiger partial charge in [-0.05, 0) is 73.5 Å². The number of alkyl halides is 3. The number of rotatable bonds is 5. The van der Waals surface area contributed by atoms with Crippen molar-refractivity contribution in [3.63, 3.8) is 0 Å². The van der Waals surface area contributed by atoms with Crippen LogP contribution in [0.25, 0.3) is 27.6 Å². The molecule has 0 saturated carbocycles. The molecule has 0 atom stereocenters. The zero-order valence-corrected chi connectivity index (χ0v) is 22.6. The van der Waals surface area contributed by atoms with Crippen LogP contribution in [-0.2, 0) is 4.79 Å². The van der Waals surface area contributed by atoms with Crippen LogP contribution in [0.3, 0.4) is 0 Å². The molecule has 0 aliphatic carbocycles. The summed E-state index contributed by atoms with van der Waals surface area (Å²) in [6.45, 7) is 3.92. The molecule has 12 heteroatoms. The molecule has 0 radical (unpaired) electrons. The highest BCUT2D eigenvalue weighted by atomic mass is 32.2. The minimum atomic E-state index is -4.75. The number of para-hydroxylation sites is 1. The van der Waals surface area contributed by atoms with Crippen LogP contribution in [0.1, 0.15) is 16.8 Å². The van der Waals surface area contributed by atoms with Gasteiger partial charge in [-0.1, -0.05) is 30.0 Å². The summed E-state index contributed by atoms with van der Waals surface area (Å²) in [6.07, 6.45) is -1.61. The Labute approximate surface area is 236 Å². The first-order valence-electron chi connectivity index (χ1n) is 12.4. The van der Waals surface area contributed by atoms with E-state index in [4.69, 9.17) is 0 Å². The number of imidazole rings is 1. The van der Waals surface area contributed by atoms with Crippen LogP contribution >= 0.6 is 11.8 Å². The standard InChI is InChI=1S/C29H21F3N6O2S/c1-17-4-3-5-18(2)27(17)38-25(39)15-41-28(38)36-34-14-19-6-11-22-23(35-19)12-13-24-26(22)33-16-37(24)20-7-9-21(10-8-20)40-29(30,31)32/h3-14,16H,15H2,1-2H3/b34-14?,36-28+. The molecule has 0 bridgehead atoms. The van der Waals surface area contributed by atoms with Gasteiger partial charge in [0.15, 0.2) is 5.17 Å². The van der Waals surface area contributed by atoms with Crippen LogP contribution in [0.15, 0.2) is 83.3 Å². The zero-order chi connectivity index (χ0) is 28.7. The maximum Gasteiger partial charge on any atom is 0.573 e. The zero-order valence-electron chi connectivity index (χ0n) is 21.8. The molecule has 1 saturated heterocycles. The lowest BCUT2D eigenvalue weighted by molar-refractivity contribution is -0.274. The topological polar surface area (TPSA) is 85.0 Å². The minimum absolute atomic E-state index is 0.0424. The van der Waals surface area contributed by atoms with Gasteiger partial charge in [0.05, 0.1) is 39.9 Å². The second kappa shape index (κ2) is 10.4. The number of ether oxygens (including phenoxy) is 1. The van der Waals surface area contributed by atoms with E-state index in [-0.39, 0.29) is 11.7 Å². The van der Waals surface area contributed by atoms with E-state index in [2.05, 4.69) is 24.9 Å². The van der Waals surface area contributed by atoms with Crippen molar-refractivity contribution in [3.8, 4) is 11.4 Å². The number of hydrogen-bond donors (Lipinski definition) is 0. The van der Waals surface area contributed by atoms with E-state index in [1.165, 1.54) is 42.2 Å². The fourth-order valence-electron chi connectivity index (χ4n) is 4.74. The van der Waals surface area contributed by atoms with E-state index in [1.54, 1.807) is 21.9 Å². The van der Waals surface area contributed by atoms with Gasteiger partial charge in [0.1, 0.15) is 12.1 Å². The van der Waals surface area contributed by atoms with E-state index in [1.807, 2.05) is 50.2 Å². The summed E-state index contributed by atoms with van der Waals surface area (Å²) in [5, 5.41) is 9.86. The molecule has 1 aliphatic heterocycles. The monoisotopic (exact) mass is 574 g/mol. The Morgan fingerprint density at radius 2 is 1.76 bits per heavy atom. The van der Waals surface area contributed by atoms with E-state index in [9.17, 15) is 18.0 Å². The highest BCUT2D eigenvalue weighted by Gasteiger charge is 2.32. The number of anilines is 1. The van der Waals surface area contributed by atoms with Gasteiger partial charge in [-0.3, -0.25) is 14.3 Å². The van der Waals surface area contributed by atoms with Crippen LogP contribution in [0.4, 0.5) is 18.9 Å². The summed E-state index contributed by atoms with van der Waals surface area (Å²) in [5.74, 6) is -0.0419. The summed E-state index contributed by atoms with van der Waals surface area (Å²) in [5.41, 5.74) is 6.16. The fourth-order valence-corrected chi connectivity index (χ4v) is 5.55. The Bertz CT molecular complexity index is 1840. The number of nitrogens with zero attached hydrogens (tertiary/aromatic N) is 6. The Hall–Kier alpha value is -4.71. The molecule has 2 aromatic heterocycles. The Kier molecular flexibility index (Phi) is 6.70. The molecule has 6 rings (SSSR count). The number of carbonyl (C=O) groups is 1. The largest absolute Gasteiger partial charge is 0.573 e. The summed E-state index contributed by atoms with van der Waals surface area (Å²) in [4.78, 5) is 23.4. The van der Waals surface area contributed by atoms with Crippen molar-refractivity contribution in [1.29, 1.82) is 0 Å². The Morgan fingerprint density at radius 1 is 1.00 bits per heavy atom. The normalized spacial score (nSPS) is 15.2. The molecule has 0 N–H and O–H groups in total. The number of carbonyl (C=O) groups excluding carboxylic acids is 1. The van der Waals surface area contributed by atoms with Crippen LogP contribution < -0.4 is 9.64 Å². The van der Waals surface area contributed by atoms with E-state index >= 15 is 0 Å². The molecule has 3 heterocycles. The lowest BCUT2D eigenvalue weighted by Crippen LogP contribution is -2.30. The van der Waals surface area contributed by atoms with Gasteiger partial charge < -0.3 is 4.74 Å². The molecule has 206 valence electrons. The predicted molar refractivity (Wildman–Crippen MR) is 154 cm³/mol. The molecule has 0 unspecified atom stereocenters. The lowest BCUT2D eigenvalue weighted by Gasteiger charge is -2.20. The third kappa shape index (κ3) is 5.25. The Morgan fingerprint density at radius 3 is 2.49 bits per heavy atom. The first-order valence-corrected chi connectivity index (χ1v) is 13.4. The van der Waals surface area contributed by atoms with Crippen molar-refractivity contribution < 1.29 is 22.7 Å². The fraction of sp³-hybridized carbons (Fsp3) is 0.138. The molecule has 1 aliphatic rings. The Balaban J connectivity index is 1.26. The number of aromatic nitrogens is 3. The van der Waals surface area contributed by atoms with Crippen molar-refractivity contribution >= 4 is 56.7 Å². The third-order valence-electron chi connectivity index (χ3n) is 6.52. The summed E-state index contributed by atoms with van der Waals surface area (Å²) in [7, 11) is 0. The highest BCUT2D eigenvalue weighted by Crippen LogP contribution is 2.32. The maximum atomic E-state index is 12.6. The average Bonchev–Trinajstić information content (AvgIpc) is 3.52. The van der Waals surface area contributed by atoms with E-state index in [0.717, 1.165) is 27.7 Å². The predicted octanol–water partition coefficient (Wildman–Crippen LogP) is 6.56. The van der Waals surface area contributed by atoms with E-state index < -0.39 is 6.36 Å². The van der Waals surface area contributed by atoms with Gasteiger partial charge in [0, 0.05) is 11.1 Å². The molecular weight excluding hydrogens is 553 g/mol. The van der Waals surface area contributed by atoms with Crippen molar-refractivity contribution in [2.75, 3.05) is 10.7 Å². The second-order valence-corrected chi connectivity index (χ2v) is 10.2. The van der Waals surface area contributed by atoms with Gasteiger partial charge in [-0.25, -0.2) is 9.97 Å². The summed E-state index contributed by atoms with van der Waals surface area (Å²) < 4.78 is 43.2. The number of amides is 1. The molecular formula is C29H21F3N6O2S. The first kappa shape index (κ1) is 26.5. The lowest BCUT2D eigenvalue weighted by atomic mass is 10.1. The van der Waals surface area contributed by atoms with Crippen LogP contribution in [0.5, 0.6) is 5.75 Å². The molecule has 1 fully saturated rings. The molecule has 1 amide bonds. The number of fused-ring (bicyclic) bond motifs is 3. The van der Waals surface area contributed by atoms with Gasteiger partial charge in [-0.2, -0.15) is 5.10 Å². The average molecular weight is 575 g/mol. The van der Waals surface area contributed by atoms with Crippen molar-refractivity contribution in [2.45, 2.75) is 20.2 Å². The van der Waals surface area contributed by atoms with Gasteiger partial charge in [-0.15, -0.1) is 18.3 Å². The molecule has 0 spiro atoms. The van der Waals surface area contributed by atoms with Gasteiger partial charge in [0.25, 0.3) is 0 Å². The number of benzene rings is 3. The van der Waals surface area contributed by atoms with Crippen molar-refractivity contribution in [2.24, 2.45) is 10.2 Å². The maximum absolute atomic E-state index is 12.6. The molecule has 8 nitrogen and oxygen atoms in total. The highest BCUT2D eigenvalue weighted by molar-refractivity contribution is 8.15. The quantitative estimate of drug-likeness (QED) is 0.175. The van der Waals surface area contributed by atoms with E-state index in [0.29, 0.717) is 33.3 Å². The number of pyridine rings is 1. The van der Waals surface area contributed by atoms with Crippen molar-refractivity contribution in [3.05, 3.63) is 89.9 Å². The second-order valence-electron chi connectivity index (χ2n) is 9.28. The number of thioether (sulfide) groups is 1. The van der Waals surface area contributed by atoms with Crippen LogP contribution in [-0.4, -0.2) is 43.9 Å². The number of amidine groups is 1. The first-order chi connectivity index (χ1) is 19.7. The SMILES string of the molecule is Cc1cccc(C)c1N1C(=O)CS/C1=N/N=Cc1ccc2c(ccc3c2ncn3-c2ccc(OC(F)(F)F)cc2)n1. The number of aryl methyl sites for hydroxylation is 2. The summed E-state index contributed by atoms with van der Waals surface area (Å²) in [6, 6.07) is 18.8. The van der Waals surface area contributed by atoms with Gasteiger partial charge >= 0.3 is 6.36 Å². The third-order valence-corrected chi connectivity index (χ3v) is 7.43. The van der Waals surface area contributed by atoms with Crippen molar-refractivity contribution in [1.82, 2.24) is 14.5 Å². The molecule has 3 aromatic carbocycles. The minimum Gasteiger partial charge on any atom is -0.406 e. The number of halogens is 3. The van der Waals surface area contributed by atoms with Gasteiger partial charge in [0.2, 0.25) is 5.91 Å². The number of hydrogen-bond acceptors (Lipinski definition) is 7. The molecule has 5 aromatic rings. The molecule has 41 heavy (non-hydrogen) atoms. The van der Waals surface area contributed by atoms with Crippen LogP contribution in [0, 0.1) is 13.8 Å². The summed E-state index contributed by atoms with van der Waals surface area (Å²) >= 11 is 1.34. The smallest absolute Gasteiger partial charge is 0.406 e.